The molecule has 3 nitrogen and oxygen atoms in total. The summed E-state index contributed by atoms with van der Waals surface area (Å²) in [5, 5.41) is 8.79. The largest absolute Gasteiger partial charge is 0.396 e. The van der Waals surface area contributed by atoms with Crippen LogP contribution in [0.25, 0.3) is 0 Å². The number of rotatable bonds is 4. The summed E-state index contributed by atoms with van der Waals surface area (Å²) in [4.78, 5) is 0. The number of ether oxygens (including phenoxy) is 2. The van der Waals surface area contributed by atoms with Gasteiger partial charge in [-0.25, -0.2) is 0 Å². The van der Waals surface area contributed by atoms with Crippen molar-refractivity contribution in [3.8, 4) is 0 Å². The minimum absolute atomic E-state index is 0. The minimum atomic E-state index is 0. The fourth-order valence-electron chi connectivity index (χ4n) is 2.70. The van der Waals surface area contributed by atoms with Gasteiger partial charge in [0.15, 0.2) is 0 Å². The van der Waals surface area contributed by atoms with Gasteiger partial charge in [-0.3, -0.25) is 0 Å². The fraction of sp³-hybridized carbons (Fsp3) is 0.308. The van der Waals surface area contributed by atoms with Gasteiger partial charge in [-0.15, -0.1) is 0 Å². The fourth-order valence-corrected chi connectivity index (χ4v) is 2.70. The van der Waals surface area contributed by atoms with Crippen molar-refractivity contribution < 1.29 is 14.6 Å². The molecule has 0 aromatic heterocycles. The van der Waals surface area contributed by atoms with Crippen molar-refractivity contribution in [3.05, 3.63) is 108 Å². The van der Waals surface area contributed by atoms with Crippen LogP contribution in [-0.2, 0) is 9.47 Å². The molecule has 2 aliphatic heterocycles. The summed E-state index contributed by atoms with van der Waals surface area (Å²) >= 11 is 0. The lowest BCUT2D eigenvalue weighted by Crippen LogP contribution is -1.97. The summed E-state index contributed by atoms with van der Waals surface area (Å²) < 4.78 is 10.2. The summed E-state index contributed by atoms with van der Waals surface area (Å²) in [6, 6.07) is 30.6. The Hall–Kier alpha value is -2.46. The first kappa shape index (κ1) is 22.8. The SMILES string of the molecule is C.CC(CO)c1ccccc1.c1ccc(C2CO2)cc1.c1ccc(C2CO2)cc1. The predicted molar refractivity (Wildman–Crippen MR) is 119 cm³/mol. The topological polar surface area (TPSA) is 45.3 Å². The van der Waals surface area contributed by atoms with Crippen LogP contribution >= 0.6 is 0 Å². The predicted octanol–water partition coefficient (Wildman–Crippen LogP) is 5.93. The molecule has 0 saturated carbocycles. The zero-order valence-corrected chi connectivity index (χ0v) is 16.3. The summed E-state index contributed by atoms with van der Waals surface area (Å²) in [6.45, 7) is 4.05. The molecule has 3 heteroatoms. The van der Waals surface area contributed by atoms with Gasteiger partial charge in [0.1, 0.15) is 12.2 Å². The first-order valence-electron chi connectivity index (χ1n) is 9.77. The van der Waals surface area contributed by atoms with Gasteiger partial charge in [-0.1, -0.05) is 105 Å². The van der Waals surface area contributed by atoms with E-state index in [1.807, 2.05) is 73.7 Å². The molecule has 154 valence electrons. The highest BCUT2D eigenvalue weighted by Gasteiger charge is 2.24. The Kier molecular flexibility index (Phi) is 9.58. The molecule has 3 unspecified atom stereocenters. The van der Waals surface area contributed by atoms with E-state index in [-0.39, 0.29) is 20.0 Å². The second-order valence-electron chi connectivity index (χ2n) is 6.96. The Labute approximate surface area is 174 Å². The minimum Gasteiger partial charge on any atom is -0.396 e. The van der Waals surface area contributed by atoms with Crippen LogP contribution in [0, 0.1) is 0 Å². The van der Waals surface area contributed by atoms with E-state index in [1.54, 1.807) is 0 Å². The van der Waals surface area contributed by atoms with Gasteiger partial charge < -0.3 is 14.6 Å². The molecule has 29 heavy (non-hydrogen) atoms. The van der Waals surface area contributed by atoms with Gasteiger partial charge in [0, 0.05) is 12.5 Å². The molecule has 3 aromatic rings. The van der Waals surface area contributed by atoms with Crippen molar-refractivity contribution in [2.75, 3.05) is 19.8 Å². The number of aliphatic hydroxyl groups excluding tert-OH is 1. The molecule has 2 saturated heterocycles. The normalized spacial score (nSPS) is 19.2. The monoisotopic (exact) mass is 392 g/mol. The van der Waals surface area contributed by atoms with Crippen LogP contribution in [-0.4, -0.2) is 24.9 Å². The summed E-state index contributed by atoms with van der Waals surface area (Å²) in [5.41, 5.74) is 3.81. The first-order chi connectivity index (χ1) is 13.8. The van der Waals surface area contributed by atoms with Gasteiger partial charge in [-0.2, -0.15) is 0 Å². The van der Waals surface area contributed by atoms with Crippen LogP contribution < -0.4 is 0 Å². The molecule has 2 aliphatic rings. The lowest BCUT2D eigenvalue weighted by Gasteiger charge is -2.05. The van der Waals surface area contributed by atoms with Crippen LogP contribution in [0.1, 0.15) is 49.2 Å². The summed E-state index contributed by atoms with van der Waals surface area (Å²) in [6.07, 6.45) is 0.817. The van der Waals surface area contributed by atoms with Crippen LogP contribution in [0.3, 0.4) is 0 Å². The molecular weight excluding hydrogens is 360 g/mol. The van der Waals surface area contributed by atoms with E-state index in [2.05, 4.69) is 24.3 Å². The smallest absolute Gasteiger partial charge is 0.106 e. The van der Waals surface area contributed by atoms with Crippen molar-refractivity contribution in [2.24, 2.45) is 0 Å². The summed E-state index contributed by atoms with van der Waals surface area (Å²) in [5.74, 6) is 0.265. The molecule has 0 radical (unpaired) electrons. The molecular formula is C26H32O3. The standard InChI is InChI=1S/C9H12O.2C8H8O.CH4/c1-8(7-10)9-5-3-2-4-6-9;2*1-2-4-7(5-3-1)8-6-9-8;/h2-6,8,10H,7H2,1H3;2*1-5,8H,6H2;1H4. The highest BCUT2D eigenvalue weighted by atomic mass is 16.6. The Morgan fingerprint density at radius 3 is 1.38 bits per heavy atom. The van der Waals surface area contributed by atoms with E-state index in [0.29, 0.717) is 12.2 Å². The maximum Gasteiger partial charge on any atom is 0.106 e. The maximum absolute atomic E-state index is 8.79. The number of benzene rings is 3. The molecule has 5 rings (SSSR count). The van der Waals surface area contributed by atoms with Gasteiger partial charge in [-0.05, 0) is 16.7 Å². The summed E-state index contributed by atoms with van der Waals surface area (Å²) in [7, 11) is 0. The zero-order chi connectivity index (χ0) is 19.6. The Bertz CT molecular complexity index is 734. The van der Waals surface area contributed by atoms with E-state index in [9.17, 15) is 0 Å². The van der Waals surface area contributed by atoms with Crippen LogP contribution in [0.4, 0.5) is 0 Å². The van der Waals surface area contributed by atoms with Crippen molar-refractivity contribution in [1.82, 2.24) is 0 Å². The molecule has 2 heterocycles. The number of epoxide rings is 2. The second kappa shape index (κ2) is 12.2. The molecule has 0 bridgehead atoms. The number of aliphatic hydroxyl groups is 1. The van der Waals surface area contributed by atoms with E-state index in [0.717, 1.165) is 13.2 Å². The van der Waals surface area contributed by atoms with Crippen molar-refractivity contribution in [2.45, 2.75) is 32.5 Å². The van der Waals surface area contributed by atoms with E-state index >= 15 is 0 Å². The van der Waals surface area contributed by atoms with Crippen molar-refractivity contribution >= 4 is 0 Å². The molecule has 2 fully saturated rings. The third kappa shape index (κ3) is 8.20. The Morgan fingerprint density at radius 1 is 0.724 bits per heavy atom. The molecule has 0 amide bonds. The molecule has 3 atom stereocenters. The van der Waals surface area contributed by atoms with Crippen LogP contribution in [0.5, 0.6) is 0 Å². The molecule has 0 aliphatic carbocycles. The number of hydrogen-bond donors (Lipinski definition) is 1. The average Bonchev–Trinajstić information content (AvgIpc) is 3.69. The Balaban J connectivity index is 0.000000153. The third-order valence-electron chi connectivity index (χ3n) is 4.65. The van der Waals surface area contributed by atoms with Gasteiger partial charge >= 0.3 is 0 Å². The van der Waals surface area contributed by atoms with Crippen LogP contribution in [0.2, 0.25) is 0 Å². The highest BCUT2D eigenvalue weighted by molar-refractivity contribution is 5.21. The third-order valence-corrected chi connectivity index (χ3v) is 4.65. The quantitative estimate of drug-likeness (QED) is 0.559. The maximum atomic E-state index is 8.79. The Morgan fingerprint density at radius 2 is 1.07 bits per heavy atom. The van der Waals surface area contributed by atoms with Crippen molar-refractivity contribution in [1.29, 1.82) is 0 Å². The molecule has 3 aromatic carbocycles. The van der Waals surface area contributed by atoms with Gasteiger partial charge in [0.05, 0.1) is 13.2 Å². The van der Waals surface area contributed by atoms with Crippen molar-refractivity contribution in [3.63, 3.8) is 0 Å². The lowest BCUT2D eigenvalue weighted by atomic mass is 10.0. The van der Waals surface area contributed by atoms with Crippen LogP contribution in [0.15, 0.2) is 91.0 Å². The van der Waals surface area contributed by atoms with Gasteiger partial charge in [0.25, 0.3) is 0 Å². The van der Waals surface area contributed by atoms with E-state index < -0.39 is 0 Å². The molecule has 0 spiro atoms. The lowest BCUT2D eigenvalue weighted by molar-refractivity contribution is 0.273. The number of hydrogen-bond acceptors (Lipinski definition) is 3. The zero-order valence-electron chi connectivity index (χ0n) is 16.3. The highest BCUT2D eigenvalue weighted by Crippen LogP contribution is 2.29. The second-order valence-corrected chi connectivity index (χ2v) is 6.96. The van der Waals surface area contributed by atoms with E-state index in [4.69, 9.17) is 14.6 Å². The van der Waals surface area contributed by atoms with E-state index in [1.165, 1.54) is 16.7 Å². The molecule has 1 N–H and O–H groups in total. The first-order valence-corrected chi connectivity index (χ1v) is 9.77. The van der Waals surface area contributed by atoms with Gasteiger partial charge in [0.2, 0.25) is 0 Å². The average molecular weight is 393 g/mol.